The molecule has 27 heavy (non-hydrogen) atoms. The molecule has 0 spiro atoms. The van der Waals surface area contributed by atoms with Gasteiger partial charge in [-0.1, -0.05) is 0 Å². The third-order valence-electron chi connectivity index (χ3n) is 4.92. The molecule has 9 heteroatoms. The molecule has 3 aromatic rings. The van der Waals surface area contributed by atoms with Gasteiger partial charge in [0.25, 0.3) is 0 Å². The van der Waals surface area contributed by atoms with Crippen molar-refractivity contribution in [2.75, 3.05) is 13.1 Å². The van der Waals surface area contributed by atoms with E-state index in [9.17, 15) is 8.42 Å². The molecule has 1 aliphatic rings. The van der Waals surface area contributed by atoms with Crippen molar-refractivity contribution in [3.05, 3.63) is 60.7 Å². The van der Waals surface area contributed by atoms with Crippen molar-refractivity contribution in [1.29, 1.82) is 0 Å². The van der Waals surface area contributed by atoms with Gasteiger partial charge in [0.1, 0.15) is 10.7 Å². The minimum Gasteiger partial charge on any atom is -0.330 e. The number of sulfonamides is 1. The Balaban J connectivity index is 1.55. The molecule has 0 unspecified atom stereocenters. The first-order valence-corrected chi connectivity index (χ1v) is 10.4. The summed E-state index contributed by atoms with van der Waals surface area (Å²) in [7, 11) is -1.82. The van der Waals surface area contributed by atoms with E-state index in [2.05, 4.69) is 19.6 Å². The van der Waals surface area contributed by atoms with Crippen LogP contribution in [-0.4, -0.2) is 50.1 Å². The molecule has 4 rings (SSSR count). The van der Waals surface area contributed by atoms with Gasteiger partial charge in [0.15, 0.2) is 0 Å². The lowest BCUT2D eigenvalue weighted by molar-refractivity contribution is 0.305. The number of hydrogen-bond acceptors (Lipinski definition) is 5. The summed E-state index contributed by atoms with van der Waals surface area (Å²) in [5.74, 6) is 1.000. The molecule has 1 aliphatic heterocycles. The Kier molecular flexibility index (Phi) is 4.79. The molecule has 0 radical (unpaired) electrons. The number of nitrogens with zero attached hydrogens (tertiary/aromatic N) is 6. The first-order chi connectivity index (χ1) is 13.0. The molecule has 142 valence electrons. The van der Waals surface area contributed by atoms with Gasteiger partial charge in [-0.2, -0.15) is 9.40 Å². The van der Waals surface area contributed by atoms with Gasteiger partial charge in [-0.15, -0.1) is 0 Å². The SMILES string of the molecule is Cn1cc(S(=O)(=O)N2CCC[C@H](c3nccn3Cc3ccncc3)C2)cn1. The van der Waals surface area contributed by atoms with Crippen molar-refractivity contribution in [2.24, 2.45) is 7.05 Å². The van der Waals surface area contributed by atoms with Crippen LogP contribution in [0.1, 0.15) is 30.1 Å². The number of aryl methyl sites for hydroxylation is 1. The van der Waals surface area contributed by atoms with Crippen molar-refractivity contribution < 1.29 is 8.42 Å². The van der Waals surface area contributed by atoms with Gasteiger partial charge in [-0.25, -0.2) is 13.4 Å². The predicted molar refractivity (Wildman–Crippen MR) is 99.5 cm³/mol. The van der Waals surface area contributed by atoms with Gasteiger partial charge in [-0.05, 0) is 30.5 Å². The van der Waals surface area contributed by atoms with Crippen LogP contribution >= 0.6 is 0 Å². The lowest BCUT2D eigenvalue weighted by atomic mass is 9.98. The summed E-state index contributed by atoms with van der Waals surface area (Å²) in [5.41, 5.74) is 1.14. The highest BCUT2D eigenvalue weighted by molar-refractivity contribution is 7.89. The molecule has 0 aromatic carbocycles. The average Bonchev–Trinajstić information content (AvgIpc) is 3.32. The molecule has 8 nitrogen and oxygen atoms in total. The highest BCUT2D eigenvalue weighted by atomic mass is 32.2. The van der Waals surface area contributed by atoms with Gasteiger partial charge < -0.3 is 4.57 Å². The van der Waals surface area contributed by atoms with E-state index in [0.717, 1.165) is 24.2 Å². The number of piperidine rings is 1. The Bertz CT molecular complexity index is 1010. The zero-order chi connectivity index (χ0) is 18.9. The monoisotopic (exact) mass is 386 g/mol. The van der Waals surface area contributed by atoms with Gasteiger partial charge in [0.2, 0.25) is 10.0 Å². The van der Waals surface area contributed by atoms with E-state index in [1.165, 1.54) is 10.9 Å². The summed E-state index contributed by atoms with van der Waals surface area (Å²) in [6.45, 7) is 1.66. The summed E-state index contributed by atoms with van der Waals surface area (Å²) >= 11 is 0. The molecule has 0 aliphatic carbocycles. The molecule has 1 fully saturated rings. The van der Waals surface area contributed by atoms with Crippen LogP contribution in [0.2, 0.25) is 0 Å². The average molecular weight is 386 g/mol. The van der Waals surface area contributed by atoms with E-state index in [1.54, 1.807) is 36.1 Å². The number of imidazole rings is 1. The summed E-state index contributed by atoms with van der Waals surface area (Å²) in [5, 5.41) is 4.00. The molecule has 3 aromatic heterocycles. The summed E-state index contributed by atoms with van der Waals surface area (Å²) in [6, 6.07) is 3.95. The van der Waals surface area contributed by atoms with E-state index >= 15 is 0 Å². The molecular weight excluding hydrogens is 364 g/mol. The molecular formula is C18H22N6O2S. The van der Waals surface area contributed by atoms with Crippen LogP contribution in [0.15, 0.2) is 54.2 Å². The van der Waals surface area contributed by atoms with Crippen LogP contribution < -0.4 is 0 Å². The van der Waals surface area contributed by atoms with E-state index in [1.807, 2.05) is 18.3 Å². The van der Waals surface area contributed by atoms with Crippen LogP contribution in [0.3, 0.4) is 0 Å². The fourth-order valence-corrected chi connectivity index (χ4v) is 5.06. The third kappa shape index (κ3) is 3.65. The van der Waals surface area contributed by atoms with Crippen molar-refractivity contribution in [3.8, 4) is 0 Å². The molecule has 4 heterocycles. The maximum absolute atomic E-state index is 12.9. The maximum atomic E-state index is 12.9. The normalized spacial score (nSPS) is 18.6. The van der Waals surface area contributed by atoms with Crippen LogP contribution in [0, 0.1) is 0 Å². The van der Waals surface area contributed by atoms with Crippen LogP contribution in [-0.2, 0) is 23.6 Å². The topological polar surface area (TPSA) is 85.9 Å². The fourth-order valence-electron chi connectivity index (χ4n) is 3.55. The molecule has 1 saturated heterocycles. The Morgan fingerprint density at radius 3 is 2.78 bits per heavy atom. The van der Waals surface area contributed by atoms with Gasteiger partial charge >= 0.3 is 0 Å². The van der Waals surface area contributed by atoms with Crippen LogP contribution in [0.25, 0.3) is 0 Å². The summed E-state index contributed by atoms with van der Waals surface area (Å²) in [4.78, 5) is 8.83. The van der Waals surface area contributed by atoms with Crippen molar-refractivity contribution in [1.82, 2.24) is 28.6 Å². The fraction of sp³-hybridized carbons (Fsp3) is 0.389. The Labute approximate surface area is 158 Å². The second kappa shape index (κ2) is 7.24. The Morgan fingerprint density at radius 2 is 2.04 bits per heavy atom. The molecule has 1 atom stereocenters. The third-order valence-corrected chi connectivity index (χ3v) is 6.74. The molecule has 0 amide bonds. The molecule has 0 bridgehead atoms. The number of pyridine rings is 1. The molecule has 0 saturated carbocycles. The van der Waals surface area contributed by atoms with Crippen LogP contribution in [0.5, 0.6) is 0 Å². The largest absolute Gasteiger partial charge is 0.330 e. The zero-order valence-corrected chi connectivity index (χ0v) is 16.0. The quantitative estimate of drug-likeness (QED) is 0.665. The predicted octanol–water partition coefficient (Wildman–Crippen LogP) is 1.63. The van der Waals surface area contributed by atoms with E-state index < -0.39 is 10.0 Å². The first kappa shape index (κ1) is 17.9. The lowest BCUT2D eigenvalue weighted by Gasteiger charge is -2.31. The van der Waals surface area contributed by atoms with Crippen molar-refractivity contribution in [2.45, 2.75) is 30.2 Å². The van der Waals surface area contributed by atoms with Gasteiger partial charge in [-0.3, -0.25) is 9.67 Å². The van der Waals surface area contributed by atoms with Crippen molar-refractivity contribution >= 4 is 10.0 Å². The zero-order valence-electron chi connectivity index (χ0n) is 15.1. The van der Waals surface area contributed by atoms with E-state index in [4.69, 9.17) is 0 Å². The van der Waals surface area contributed by atoms with Gasteiger partial charge in [0, 0.05) is 63.6 Å². The second-order valence-electron chi connectivity index (χ2n) is 6.82. The van der Waals surface area contributed by atoms with E-state index in [0.29, 0.717) is 19.6 Å². The Hall–Kier alpha value is -2.52. The summed E-state index contributed by atoms with van der Waals surface area (Å²) in [6.07, 6.45) is 12.0. The number of hydrogen-bond donors (Lipinski definition) is 0. The van der Waals surface area contributed by atoms with E-state index in [-0.39, 0.29) is 10.8 Å². The Morgan fingerprint density at radius 1 is 1.22 bits per heavy atom. The minimum absolute atomic E-state index is 0.0713. The minimum atomic E-state index is -3.53. The number of rotatable bonds is 5. The smallest absolute Gasteiger partial charge is 0.246 e. The van der Waals surface area contributed by atoms with Crippen molar-refractivity contribution in [3.63, 3.8) is 0 Å². The number of aromatic nitrogens is 5. The second-order valence-corrected chi connectivity index (χ2v) is 8.76. The highest BCUT2D eigenvalue weighted by Crippen LogP contribution is 2.29. The van der Waals surface area contributed by atoms with Gasteiger partial charge in [0.05, 0.1) is 6.20 Å². The first-order valence-electron chi connectivity index (χ1n) is 8.93. The summed E-state index contributed by atoms with van der Waals surface area (Å²) < 4.78 is 31.0. The standard InChI is InChI=1S/C18H22N6O2S/c1-22-14-17(11-21-22)27(25,26)24-9-2-3-16(13-24)18-20-8-10-23(18)12-15-4-6-19-7-5-15/h4-8,10-11,14,16H,2-3,9,12-13H2,1H3/t16-/m0/s1. The molecule has 0 N–H and O–H groups in total. The van der Waals surface area contributed by atoms with Crippen LogP contribution in [0.4, 0.5) is 0 Å². The lowest BCUT2D eigenvalue weighted by Crippen LogP contribution is -2.39. The maximum Gasteiger partial charge on any atom is 0.246 e. The highest BCUT2D eigenvalue weighted by Gasteiger charge is 2.33.